The van der Waals surface area contributed by atoms with Gasteiger partial charge in [-0.1, -0.05) is 35.7 Å². The van der Waals surface area contributed by atoms with Crippen molar-refractivity contribution in [2.75, 3.05) is 13.6 Å². The first kappa shape index (κ1) is 23.0. The molecule has 2 aliphatic carbocycles. The summed E-state index contributed by atoms with van der Waals surface area (Å²) < 4.78 is 0. The number of hydrogen-bond acceptors (Lipinski definition) is 2. The third-order valence-corrected chi connectivity index (χ3v) is 5.52. The van der Waals surface area contributed by atoms with Crippen molar-refractivity contribution in [2.45, 2.75) is 70.9 Å². The van der Waals surface area contributed by atoms with Crippen molar-refractivity contribution in [3.8, 4) is 0 Å². The Morgan fingerprint density at radius 2 is 1.75 bits per heavy atom. The molecule has 0 spiro atoms. The Kier molecular flexibility index (Phi) is 9.05. The lowest BCUT2D eigenvalue weighted by Gasteiger charge is -2.30. The van der Waals surface area contributed by atoms with Gasteiger partial charge in [0.25, 0.3) is 0 Å². The molecule has 0 heterocycles. The van der Waals surface area contributed by atoms with Gasteiger partial charge in [-0.15, -0.1) is 24.0 Å². The van der Waals surface area contributed by atoms with E-state index in [1.54, 1.807) is 0 Å². The molecule has 1 aromatic rings. The molecule has 6 heteroatoms. The van der Waals surface area contributed by atoms with E-state index in [2.05, 4.69) is 53.0 Å². The number of hydrogen-bond donors (Lipinski definition) is 3. The number of nitrogens with zero attached hydrogens (tertiary/aromatic N) is 1. The Balaban J connectivity index is 0.00000280. The van der Waals surface area contributed by atoms with Gasteiger partial charge in [0.1, 0.15) is 0 Å². The standard InChI is InChI=1S/C22H34N4O.HI/c1-15-11-16(2)13-17(12-15)9-10-24-22(23-3)26-20-6-4-5-18(14-20)21(27)25-19-7-8-19;/h11-13,18-20H,4-10,14H2,1-3H3,(H,25,27)(H2,23,24,26);1H. The number of halogens is 1. The Bertz CT molecular complexity index is 667. The number of carbonyl (C=O) groups is 1. The van der Waals surface area contributed by atoms with Gasteiger partial charge in [0.2, 0.25) is 5.91 Å². The molecule has 2 saturated carbocycles. The molecule has 3 rings (SSSR count). The van der Waals surface area contributed by atoms with Gasteiger partial charge in [0.15, 0.2) is 5.96 Å². The summed E-state index contributed by atoms with van der Waals surface area (Å²) in [5.74, 6) is 1.24. The predicted octanol–water partition coefficient (Wildman–Crippen LogP) is 3.47. The second kappa shape index (κ2) is 11.0. The fourth-order valence-corrected chi connectivity index (χ4v) is 4.03. The SMILES string of the molecule is CN=C(NCCc1cc(C)cc(C)c1)NC1CCCC(C(=O)NC2CC2)C1.I. The topological polar surface area (TPSA) is 65.5 Å². The van der Waals surface area contributed by atoms with Crippen LogP contribution in [0.5, 0.6) is 0 Å². The molecule has 0 bridgehead atoms. The van der Waals surface area contributed by atoms with E-state index in [0.29, 0.717) is 12.1 Å². The van der Waals surface area contributed by atoms with Crippen molar-refractivity contribution in [3.05, 3.63) is 34.9 Å². The number of guanidine groups is 1. The Morgan fingerprint density at radius 3 is 2.39 bits per heavy atom. The normalized spacial score (nSPS) is 22.2. The van der Waals surface area contributed by atoms with Crippen LogP contribution in [0.4, 0.5) is 0 Å². The van der Waals surface area contributed by atoms with Crippen LogP contribution in [-0.4, -0.2) is 37.5 Å². The number of nitrogens with one attached hydrogen (secondary N) is 3. The number of amides is 1. The quantitative estimate of drug-likeness (QED) is 0.320. The molecule has 0 aliphatic heterocycles. The van der Waals surface area contributed by atoms with E-state index in [-0.39, 0.29) is 35.8 Å². The summed E-state index contributed by atoms with van der Waals surface area (Å²) in [4.78, 5) is 16.7. The Morgan fingerprint density at radius 1 is 1.04 bits per heavy atom. The second-order valence-corrected chi connectivity index (χ2v) is 8.23. The lowest BCUT2D eigenvalue weighted by molar-refractivity contribution is -0.126. The van der Waals surface area contributed by atoms with E-state index < -0.39 is 0 Å². The van der Waals surface area contributed by atoms with E-state index in [9.17, 15) is 4.79 Å². The molecule has 2 atom stereocenters. The van der Waals surface area contributed by atoms with Crippen LogP contribution >= 0.6 is 24.0 Å². The zero-order chi connectivity index (χ0) is 19.2. The first-order valence-corrected chi connectivity index (χ1v) is 10.4. The largest absolute Gasteiger partial charge is 0.356 e. The van der Waals surface area contributed by atoms with E-state index in [0.717, 1.165) is 57.5 Å². The highest BCUT2D eigenvalue weighted by molar-refractivity contribution is 14.0. The molecule has 1 amide bonds. The summed E-state index contributed by atoms with van der Waals surface area (Å²) in [5.41, 5.74) is 3.97. The van der Waals surface area contributed by atoms with Gasteiger partial charge in [0, 0.05) is 31.6 Å². The van der Waals surface area contributed by atoms with Crippen molar-refractivity contribution < 1.29 is 4.79 Å². The van der Waals surface area contributed by atoms with Gasteiger partial charge in [-0.25, -0.2) is 0 Å². The van der Waals surface area contributed by atoms with Gasteiger partial charge in [-0.3, -0.25) is 9.79 Å². The smallest absolute Gasteiger partial charge is 0.223 e. The molecule has 1 aromatic carbocycles. The molecule has 5 nitrogen and oxygen atoms in total. The third-order valence-electron chi connectivity index (χ3n) is 5.52. The van der Waals surface area contributed by atoms with E-state index in [4.69, 9.17) is 0 Å². The van der Waals surface area contributed by atoms with Crippen LogP contribution in [0, 0.1) is 19.8 Å². The maximum atomic E-state index is 12.3. The maximum absolute atomic E-state index is 12.3. The van der Waals surface area contributed by atoms with Crippen molar-refractivity contribution >= 4 is 35.8 Å². The van der Waals surface area contributed by atoms with Gasteiger partial charge in [-0.05, 0) is 57.9 Å². The number of aliphatic imine (C=N–C) groups is 1. The van der Waals surface area contributed by atoms with Gasteiger partial charge < -0.3 is 16.0 Å². The molecule has 3 N–H and O–H groups in total. The highest BCUT2D eigenvalue weighted by Crippen LogP contribution is 2.26. The average Bonchev–Trinajstić information content (AvgIpc) is 3.44. The van der Waals surface area contributed by atoms with Crippen molar-refractivity contribution in [1.29, 1.82) is 0 Å². The monoisotopic (exact) mass is 498 g/mol. The van der Waals surface area contributed by atoms with Crippen LogP contribution in [0.25, 0.3) is 0 Å². The zero-order valence-corrected chi connectivity index (χ0v) is 19.7. The Labute approximate surface area is 186 Å². The van der Waals surface area contributed by atoms with Crippen LogP contribution in [0.3, 0.4) is 0 Å². The molecule has 2 aliphatic rings. The minimum absolute atomic E-state index is 0. The second-order valence-electron chi connectivity index (χ2n) is 8.23. The number of carbonyl (C=O) groups excluding carboxylic acids is 1. The Hall–Kier alpha value is -1.31. The molecule has 0 saturated heterocycles. The fourth-order valence-electron chi connectivity index (χ4n) is 4.03. The average molecular weight is 498 g/mol. The maximum Gasteiger partial charge on any atom is 0.223 e. The summed E-state index contributed by atoms with van der Waals surface area (Å²) in [6.45, 7) is 5.13. The third kappa shape index (κ3) is 7.26. The van der Waals surface area contributed by atoms with E-state index in [1.165, 1.54) is 16.7 Å². The van der Waals surface area contributed by atoms with Crippen molar-refractivity contribution in [1.82, 2.24) is 16.0 Å². The van der Waals surface area contributed by atoms with Crippen LogP contribution in [0.2, 0.25) is 0 Å². The lowest BCUT2D eigenvalue weighted by Crippen LogP contribution is -2.47. The number of benzene rings is 1. The molecular formula is C22H35IN4O. The van der Waals surface area contributed by atoms with Crippen LogP contribution < -0.4 is 16.0 Å². The van der Waals surface area contributed by atoms with Crippen LogP contribution in [0.15, 0.2) is 23.2 Å². The number of aryl methyl sites for hydroxylation is 2. The van der Waals surface area contributed by atoms with Crippen LogP contribution in [-0.2, 0) is 11.2 Å². The van der Waals surface area contributed by atoms with Crippen LogP contribution in [0.1, 0.15) is 55.2 Å². The first-order valence-electron chi connectivity index (χ1n) is 10.4. The van der Waals surface area contributed by atoms with E-state index >= 15 is 0 Å². The van der Waals surface area contributed by atoms with E-state index in [1.807, 2.05) is 7.05 Å². The summed E-state index contributed by atoms with van der Waals surface area (Å²) in [5, 5.41) is 10.1. The summed E-state index contributed by atoms with van der Waals surface area (Å²) in [6, 6.07) is 7.46. The highest BCUT2D eigenvalue weighted by atomic mass is 127. The fraction of sp³-hybridized carbons (Fsp3) is 0.636. The minimum atomic E-state index is 0. The van der Waals surface area contributed by atoms with Crippen molar-refractivity contribution in [3.63, 3.8) is 0 Å². The van der Waals surface area contributed by atoms with Gasteiger partial charge >= 0.3 is 0 Å². The summed E-state index contributed by atoms with van der Waals surface area (Å²) in [7, 11) is 1.81. The molecule has 0 radical (unpaired) electrons. The molecule has 0 aromatic heterocycles. The minimum Gasteiger partial charge on any atom is -0.356 e. The predicted molar refractivity (Wildman–Crippen MR) is 126 cm³/mol. The summed E-state index contributed by atoms with van der Waals surface area (Å²) >= 11 is 0. The van der Waals surface area contributed by atoms with Gasteiger partial charge in [-0.2, -0.15) is 0 Å². The highest BCUT2D eigenvalue weighted by Gasteiger charge is 2.31. The molecule has 2 fully saturated rings. The molecule has 28 heavy (non-hydrogen) atoms. The van der Waals surface area contributed by atoms with Crippen molar-refractivity contribution in [2.24, 2.45) is 10.9 Å². The summed E-state index contributed by atoms with van der Waals surface area (Å²) in [6.07, 6.45) is 7.38. The van der Waals surface area contributed by atoms with Gasteiger partial charge in [0.05, 0.1) is 0 Å². The zero-order valence-electron chi connectivity index (χ0n) is 17.4. The molecule has 156 valence electrons. The molecular weight excluding hydrogens is 463 g/mol. The first-order chi connectivity index (χ1) is 13.0. The lowest BCUT2D eigenvalue weighted by atomic mass is 9.85. The molecule has 2 unspecified atom stereocenters. The number of rotatable bonds is 6.